The van der Waals surface area contributed by atoms with E-state index in [2.05, 4.69) is 27.0 Å². The first kappa shape index (κ1) is 27.7. The molecule has 0 aromatic rings. The summed E-state index contributed by atoms with van der Waals surface area (Å²) in [5, 5.41) is 3.41. The minimum absolute atomic E-state index is 0. The summed E-state index contributed by atoms with van der Waals surface area (Å²) in [6.45, 7) is 14.1. The Kier molecular flexibility index (Phi) is 11.3. The smallest absolute Gasteiger partial charge is 0.410 e. The second-order valence-corrected chi connectivity index (χ2v) is 9.15. The summed E-state index contributed by atoms with van der Waals surface area (Å²) in [4.78, 5) is 34.7. The van der Waals surface area contributed by atoms with Crippen molar-refractivity contribution >= 4 is 42.0 Å². The van der Waals surface area contributed by atoms with E-state index in [1.807, 2.05) is 20.8 Å². The number of piperazine rings is 1. The maximum atomic E-state index is 12.2. The molecule has 2 fully saturated rings. The van der Waals surface area contributed by atoms with E-state index in [9.17, 15) is 9.59 Å². The zero-order chi connectivity index (χ0) is 22.3. The van der Waals surface area contributed by atoms with Crippen LogP contribution in [0.1, 0.15) is 34.1 Å². The molecule has 10 heteroatoms. The van der Waals surface area contributed by atoms with Crippen molar-refractivity contribution in [3.63, 3.8) is 0 Å². The molecule has 2 unspecified atom stereocenters. The Hall–Kier alpha value is -1.30. The molecular formula is C21H40IN5O4. The van der Waals surface area contributed by atoms with Crippen molar-refractivity contribution in [3.05, 3.63) is 0 Å². The lowest BCUT2D eigenvalue weighted by Crippen LogP contribution is -2.50. The number of likely N-dealkylation sites (tertiary alicyclic amines) is 1. The molecule has 1 amide bonds. The molecular weight excluding hydrogens is 513 g/mol. The monoisotopic (exact) mass is 553 g/mol. The molecule has 2 saturated heterocycles. The maximum absolute atomic E-state index is 12.2. The van der Waals surface area contributed by atoms with Gasteiger partial charge >= 0.3 is 12.1 Å². The molecule has 0 radical (unpaired) electrons. The predicted octanol–water partition coefficient (Wildman–Crippen LogP) is 1.86. The molecule has 2 aliphatic heterocycles. The molecule has 1 N–H and O–H groups in total. The molecule has 0 saturated carbocycles. The van der Waals surface area contributed by atoms with E-state index in [0.717, 1.165) is 45.1 Å². The Labute approximate surface area is 203 Å². The number of hydrogen-bond acceptors (Lipinski definition) is 6. The van der Waals surface area contributed by atoms with E-state index in [1.165, 1.54) is 7.11 Å². The number of guanidine groups is 1. The number of halogens is 1. The number of aliphatic imine (C=N–C) groups is 1. The van der Waals surface area contributed by atoms with Crippen molar-refractivity contribution in [3.8, 4) is 0 Å². The lowest BCUT2D eigenvalue weighted by atomic mass is 9.99. The lowest BCUT2D eigenvalue weighted by Gasteiger charge is -2.35. The number of nitrogens with zero attached hydrogens (tertiary/aromatic N) is 4. The van der Waals surface area contributed by atoms with Gasteiger partial charge in [-0.15, -0.1) is 24.0 Å². The third-order valence-electron chi connectivity index (χ3n) is 5.59. The first-order valence-electron chi connectivity index (χ1n) is 10.9. The maximum Gasteiger partial charge on any atom is 0.410 e. The Morgan fingerprint density at radius 3 is 2.29 bits per heavy atom. The van der Waals surface area contributed by atoms with E-state index < -0.39 is 5.60 Å². The van der Waals surface area contributed by atoms with Gasteiger partial charge in [-0.05, 0) is 39.7 Å². The van der Waals surface area contributed by atoms with Gasteiger partial charge in [-0.1, -0.05) is 6.92 Å². The average Bonchev–Trinajstić information content (AvgIpc) is 3.08. The van der Waals surface area contributed by atoms with Gasteiger partial charge in [0.05, 0.1) is 13.0 Å². The van der Waals surface area contributed by atoms with Crippen LogP contribution in [0.3, 0.4) is 0 Å². The Balaban J connectivity index is 0.00000480. The average molecular weight is 553 g/mol. The van der Waals surface area contributed by atoms with Gasteiger partial charge in [-0.25, -0.2) is 4.79 Å². The largest absolute Gasteiger partial charge is 0.469 e. The standard InChI is InChI=1S/C21H39N5O4.HI/c1-16-14-26(15-17(16)18(27)29-6)19(22-5)23-8-7-9-24-10-12-25(13-11-24)20(28)30-21(2,3)4;/h16-17H,7-15H2,1-6H3,(H,22,23);1H. The third kappa shape index (κ3) is 8.63. The summed E-state index contributed by atoms with van der Waals surface area (Å²) in [5.41, 5.74) is -0.456. The summed E-state index contributed by atoms with van der Waals surface area (Å²) in [7, 11) is 3.21. The SMILES string of the molecule is CN=C(NCCCN1CCN(C(=O)OC(C)(C)C)CC1)N1CC(C)C(C(=O)OC)C1.I. The normalized spacial score (nSPS) is 22.7. The molecule has 0 aromatic heterocycles. The highest BCUT2D eigenvalue weighted by Crippen LogP contribution is 2.24. The van der Waals surface area contributed by atoms with Gasteiger partial charge in [0.2, 0.25) is 0 Å². The van der Waals surface area contributed by atoms with Crippen molar-refractivity contribution in [1.29, 1.82) is 0 Å². The van der Waals surface area contributed by atoms with Crippen LogP contribution in [0.25, 0.3) is 0 Å². The van der Waals surface area contributed by atoms with Crippen LogP contribution in [-0.2, 0) is 14.3 Å². The van der Waals surface area contributed by atoms with Gasteiger partial charge in [0.25, 0.3) is 0 Å². The Morgan fingerprint density at radius 2 is 1.74 bits per heavy atom. The molecule has 31 heavy (non-hydrogen) atoms. The summed E-state index contributed by atoms with van der Waals surface area (Å²) < 4.78 is 10.4. The number of methoxy groups -OCH3 is 1. The van der Waals surface area contributed by atoms with Crippen LogP contribution in [0.2, 0.25) is 0 Å². The third-order valence-corrected chi connectivity index (χ3v) is 5.59. The topological polar surface area (TPSA) is 86.7 Å². The molecule has 0 aromatic carbocycles. The van der Waals surface area contributed by atoms with E-state index in [1.54, 1.807) is 11.9 Å². The number of esters is 1. The molecule has 2 rings (SSSR count). The van der Waals surface area contributed by atoms with E-state index in [-0.39, 0.29) is 47.9 Å². The van der Waals surface area contributed by atoms with Gasteiger partial charge in [-0.2, -0.15) is 0 Å². The van der Waals surface area contributed by atoms with Crippen LogP contribution >= 0.6 is 24.0 Å². The molecule has 0 aliphatic carbocycles. The van der Waals surface area contributed by atoms with Crippen LogP contribution < -0.4 is 5.32 Å². The molecule has 180 valence electrons. The fourth-order valence-electron chi connectivity index (χ4n) is 3.91. The number of nitrogens with one attached hydrogen (secondary N) is 1. The van der Waals surface area contributed by atoms with Gasteiger partial charge in [-0.3, -0.25) is 14.7 Å². The number of amides is 1. The zero-order valence-electron chi connectivity index (χ0n) is 19.8. The van der Waals surface area contributed by atoms with Crippen LogP contribution in [0.15, 0.2) is 4.99 Å². The first-order chi connectivity index (χ1) is 14.1. The van der Waals surface area contributed by atoms with Gasteiger partial charge in [0, 0.05) is 52.9 Å². The quantitative estimate of drug-likeness (QED) is 0.183. The molecule has 0 bridgehead atoms. The Morgan fingerprint density at radius 1 is 1.10 bits per heavy atom. The predicted molar refractivity (Wildman–Crippen MR) is 132 cm³/mol. The molecule has 9 nitrogen and oxygen atoms in total. The van der Waals surface area contributed by atoms with Crippen molar-refractivity contribution in [2.45, 2.75) is 39.7 Å². The first-order valence-corrected chi connectivity index (χ1v) is 10.9. The van der Waals surface area contributed by atoms with Crippen LogP contribution in [0.4, 0.5) is 4.79 Å². The zero-order valence-corrected chi connectivity index (χ0v) is 22.2. The molecule has 2 aliphatic rings. The summed E-state index contributed by atoms with van der Waals surface area (Å²) in [5.74, 6) is 0.834. The minimum atomic E-state index is -0.456. The molecule has 0 spiro atoms. The number of carbonyl (C=O) groups excluding carboxylic acids is 2. The molecule has 2 atom stereocenters. The van der Waals surface area contributed by atoms with Gasteiger partial charge < -0.3 is 24.6 Å². The van der Waals surface area contributed by atoms with Crippen molar-refractivity contribution in [1.82, 2.24) is 20.0 Å². The number of hydrogen-bond donors (Lipinski definition) is 1. The highest BCUT2D eigenvalue weighted by Gasteiger charge is 2.36. The second kappa shape index (κ2) is 12.7. The fourth-order valence-corrected chi connectivity index (χ4v) is 3.91. The van der Waals surface area contributed by atoms with Gasteiger partial charge in [0.1, 0.15) is 5.60 Å². The summed E-state index contributed by atoms with van der Waals surface area (Å²) >= 11 is 0. The Bertz CT molecular complexity index is 617. The highest BCUT2D eigenvalue weighted by atomic mass is 127. The van der Waals surface area contributed by atoms with E-state index in [4.69, 9.17) is 9.47 Å². The highest BCUT2D eigenvalue weighted by molar-refractivity contribution is 14.0. The number of ether oxygens (including phenoxy) is 2. The fraction of sp³-hybridized carbons (Fsp3) is 0.857. The van der Waals surface area contributed by atoms with E-state index >= 15 is 0 Å². The number of rotatable bonds is 5. The second-order valence-electron chi connectivity index (χ2n) is 9.15. The minimum Gasteiger partial charge on any atom is -0.469 e. The number of carbonyl (C=O) groups is 2. The van der Waals surface area contributed by atoms with Gasteiger partial charge in [0.15, 0.2) is 5.96 Å². The van der Waals surface area contributed by atoms with E-state index in [0.29, 0.717) is 19.6 Å². The molecule has 2 heterocycles. The van der Waals surface area contributed by atoms with Crippen LogP contribution in [-0.4, -0.2) is 105 Å². The van der Waals surface area contributed by atoms with Crippen LogP contribution in [0.5, 0.6) is 0 Å². The van der Waals surface area contributed by atoms with Crippen LogP contribution in [0, 0.1) is 11.8 Å². The summed E-state index contributed by atoms with van der Waals surface area (Å²) in [6, 6.07) is 0. The van der Waals surface area contributed by atoms with Crippen molar-refractivity contribution in [2.24, 2.45) is 16.8 Å². The van der Waals surface area contributed by atoms with Crippen molar-refractivity contribution in [2.75, 3.05) is 66.5 Å². The van der Waals surface area contributed by atoms with Crippen molar-refractivity contribution < 1.29 is 19.1 Å². The summed E-state index contributed by atoms with van der Waals surface area (Å²) in [6.07, 6.45) is 0.757. The lowest BCUT2D eigenvalue weighted by molar-refractivity contribution is -0.146.